The van der Waals surface area contributed by atoms with E-state index in [0.29, 0.717) is 25.4 Å². The number of ether oxygens (including phenoxy) is 1. The van der Waals surface area contributed by atoms with Crippen molar-refractivity contribution in [2.24, 2.45) is 0 Å². The average Bonchev–Trinajstić information content (AvgIpc) is 3.21. The summed E-state index contributed by atoms with van der Waals surface area (Å²) in [7, 11) is 0.684. The summed E-state index contributed by atoms with van der Waals surface area (Å²) in [6.45, 7) is 0.947. The van der Waals surface area contributed by atoms with Gasteiger partial charge in [0.2, 0.25) is 15.9 Å². The second kappa shape index (κ2) is 5.42. The van der Waals surface area contributed by atoms with Crippen molar-refractivity contribution in [1.82, 2.24) is 14.5 Å². The molecule has 1 aromatic rings. The summed E-state index contributed by atoms with van der Waals surface area (Å²) in [6.07, 6.45) is 2.14. The number of anilines is 1. The van der Waals surface area contributed by atoms with E-state index in [1.54, 1.807) is 10.4 Å². The highest BCUT2D eigenvalue weighted by molar-refractivity contribution is 7.90. The van der Waals surface area contributed by atoms with Gasteiger partial charge in [-0.05, 0) is 25.3 Å². The fourth-order valence-electron chi connectivity index (χ4n) is 2.39. The normalized spacial score (nSPS) is 23.2. The van der Waals surface area contributed by atoms with Gasteiger partial charge in [0, 0.05) is 26.7 Å². The summed E-state index contributed by atoms with van der Waals surface area (Å²) < 4.78 is 31.6. The van der Waals surface area contributed by atoms with E-state index in [-0.39, 0.29) is 11.4 Å². The van der Waals surface area contributed by atoms with Crippen molar-refractivity contribution in [2.45, 2.75) is 30.6 Å². The molecule has 1 saturated heterocycles. The molecule has 0 radical (unpaired) electrons. The molecule has 116 valence electrons. The average molecular weight is 312 g/mol. The Hall–Kier alpha value is -1.41. The molecule has 0 bridgehead atoms. The standard InChI is InChI=1S/C13H20N4O3S/c1-16(2)12-5-6-13(15-14-12)20-10-7-8-17(9-10)21(18,19)11-3-4-11/h5-6,10-11H,3-4,7-9H2,1-2H3/t10-/m0/s1. The third-order valence-electron chi connectivity index (χ3n) is 3.78. The molecule has 7 nitrogen and oxygen atoms in total. The van der Waals surface area contributed by atoms with E-state index >= 15 is 0 Å². The minimum absolute atomic E-state index is 0.141. The molecule has 0 amide bonds. The molecule has 1 saturated carbocycles. The van der Waals surface area contributed by atoms with Crippen LogP contribution >= 0.6 is 0 Å². The fraction of sp³-hybridized carbons (Fsp3) is 0.692. The van der Waals surface area contributed by atoms with Crippen LogP contribution in [0.4, 0.5) is 5.82 Å². The lowest BCUT2D eigenvalue weighted by Gasteiger charge is -2.16. The maximum Gasteiger partial charge on any atom is 0.233 e. The first-order valence-electron chi connectivity index (χ1n) is 7.13. The van der Waals surface area contributed by atoms with Crippen LogP contribution in [0.15, 0.2) is 12.1 Å². The Morgan fingerprint density at radius 3 is 2.57 bits per heavy atom. The molecule has 2 aliphatic rings. The molecule has 1 atom stereocenters. The molecular weight excluding hydrogens is 292 g/mol. The van der Waals surface area contributed by atoms with Crippen LogP contribution in [0.5, 0.6) is 5.88 Å². The monoisotopic (exact) mass is 312 g/mol. The van der Waals surface area contributed by atoms with E-state index in [0.717, 1.165) is 18.7 Å². The molecule has 3 rings (SSSR count). The smallest absolute Gasteiger partial charge is 0.233 e. The summed E-state index contributed by atoms with van der Waals surface area (Å²) in [6, 6.07) is 3.59. The maximum absolute atomic E-state index is 12.1. The van der Waals surface area contributed by atoms with Crippen LogP contribution in [0.2, 0.25) is 0 Å². The summed E-state index contributed by atoms with van der Waals surface area (Å²) in [5.74, 6) is 1.20. The van der Waals surface area contributed by atoms with Crippen molar-refractivity contribution in [3.05, 3.63) is 12.1 Å². The Morgan fingerprint density at radius 2 is 2.00 bits per heavy atom. The van der Waals surface area contributed by atoms with Gasteiger partial charge in [0.1, 0.15) is 6.10 Å². The zero-order valence-corrected chi connectivity index (χ0v) is 13.1. The number of nitrogens with zero attached hydrogens (tertiary/aromatic N) is 4. The van der Waals surface area contributed by atoms with Gasteiger partial charge >= 0.3 is 0 Å². The second-order valence-corrected chi connectivity index (χ2v) is 7.97. The Kier molecular flexibility index (Phi) is 3.75. The van der Waals surface area contributed by atoms with Crippen LogP contribution in [-0.2, 0) is 10.0 Å². The Labute approximate surface area is 125 Å². The van der Waals surface area contributed by atoms with Gasteiger partial charge in [-0.2, -0.15) is 4.31 Å². The van der Waals surface area contributed by atoms with Crippen molar-refractivity contribution in [3.8, 4) is 5.88 Å². The number of aromatic nitrogens is 2. The van der Waals surface area contributed by atoms with Gasteiger partial charge in [-0.25, -0.2) is 8.42 Å². The summed E-state index contributed by atoms with van der Waals surface area (Å²) in [5, 5.41) is 7.90. The van der Waals surface area contributed by atoms with Crippen LogP contribution < -0.4 is 9.64 Å². The van der Waals surface area contributed by atoms with E-state index in [1.165, 1.54) is 0 Å². The van der Waals surface area contributed by atoms with E-state index in [9.17, 15) is 8.42 Å². The van der Waals surface area contributed by atoms with Gasteiger partial charge in [0.05, 0.1) is 11.8 Å². The van der Waals surface area contributed by atoms with Crippen LogP contribution in [0.1, 0.15) is 19.3 Å². The van der Waals surface area contributed by atoms with Crippen molar-refractivity contribution < 1.29 is 13.2 Å². The molecule has 0 spiro atoms. The fourth-order valence-corrected chi connectivity index (χ4v) is 4.27. The highest BCUT2D eigenvalue weighted by atomic mass is 32.2. The molecule has 0 N–H and O–H groups in total. The lowest BCUT2D eigenvalue weighted by atomic mass is 10.3. The SMILES string of the molecule is CN(C)c1ccc(O[C@H]2CCN(S(=O)(=O)C3CC3)C2)nn1. The van der Waals surface area contributed by atoms with Crippen molar-refractivity contribution in [1.29, 1.82) is 0 Å². The Morgan fingerprint density at radius 1 is 1.24 bits per heavy atom. The van der Waals surface area contributed by atoms with Gasteiger partial charge in [-0.3, -0.25) is 0 Å². The van der Waals surface area contributed by atoms with E-state index in [1.807, 2.05) is 25.1 Å². The molecule has 0 unspecified atom stereocenters. The minimum Gasteiger partial charge on any atom is -0.472 e. The highest BCUT2D eigenvalue weighted by Gasteiger charge is 2.43. The van der Waals surface area contributed by atoms with Crippen molar-refractivity contribution in [3.63, 3.8) is 0 Å². The molecule has 1 aliphatic carbocycles. The molecule has 2 heterocycles. The van der Waals surface area contributed by atoms with Gasteiger partial charge in [0.25, 0.3) is 0 Å². The highest BCUT2D eigenvalue weighted by Crippen LogP contribution is 2.33. The zero-order chi connectivity index (χ0) is 15.0. The van der Waals surface area contributed by atoms with Crippen LogP contribution in [0.3, 0.4) is 0 Å². The largest absolute Gasteiger partial charge is 0.472 e. The number of sulfonamides is 1. The molecular formula is C13H20N4O3S. The second-order valence-electron chi connectivity index (χ2n) is 5.76. The summed E-state index contributed by atoms with van der Waals surface area (Å²) >= 11 is 0. The predicted molar refractivity (Wildman–Crippen MR) is 78.9 cm³/mol. The van der Waals surface area contributed by atoms with Crippen molar-refractivity contribution in [2.75, 3.05) is 32.1 Å². The van der Waals surface area contributed by atoms with E-state index < -0.39 is 10.0 Å². The summed E-state index contributed by atoms with van der Waals surface area (Å²) in [4.78, 5) is 1.86. The lowest BCUT2D eigenvalue weighted by Crippen LogP contribution is -2.33. The van der Waals surface area contributed by atoms with Crippen molar-refractivity contribution >= 4 is 15.8 Å². The minimum atomic E-state index is -3.10. The molecule has 21 heavy (non-hydrogen) atoms. The zero-order valence-electron chi connectivity index (χ0n) is 12.3. The topological polar surface area (TPSA) is 75.6 Å². The summed E-state index contributed by atoms with van der Waals surface area (Å²) in [5.41, 5.74) is 0. The lowest BCUT2D eigenvalue weighted by molar-refractivity contribution is 0.204. The first-order valence-corrected chi connectivity index (χ1v) is 8.64. The number of rotatable bonds is 5. The molecule has 1 aromatic heterocycles. The van der Waals surface area contributed by atoms with Crippen LogP contribution in [-0.4, -0.2) is 61.5 Å². The van der Waals surface area contributed by atoms with E-state index in [4.69, 9.17) is 4.74 Å². The number of hydrogen-bond donors (Lipinski definition) is 0. The van der Waals surface area contributed by atoms with Crippen LogP contribution in [0.25, 0.3) is 0 Å². The Balaban J connectivity index is 1.59. The van der Waals surface area contributed by atoms with Crippen LogP contribution in [0, 0.1) is 0 Å². The Bertz CT molecular complexity index is 598. The molecule has 8 heteroatoms. The molecule has 2 fully saturated rings. The van der Waals surface area contributed by atoms with Gasteiger partial charge in [-0.15, -0.1) is 10.2 Å². The number of hydrogen-bond acceptors (Lipinski definition) is 6. The van der Waals surface area contributed by atoms with Gasteiger partial charge in [0.15, 0.2) is 5.82 Å². The third-order valence-corrected chi connectivity index (χ3v) is 6.15. The first kappa shape index (κ1) is 14.5. The van der Waals surface area contributed by atoms with Gasteiger partial charge < -0.3 is 9.64 Å². The quantitative estimate of drug-likeness (QED) is 0.787. The maximum atomic E-state index is 12.1. The predicted octanol–water partition coefficient (Wildman–Crippen LogP) is 0.488. The first-order chi connectivity index (χ1) is 9.96. The van der Waals surface area contributed by atoms with E-state index in [2.05, 4.69) is 10.2 Å². The van der Waals surface area contributed by atoms with Gasteiger partial charge in [-0.1, -0.05) is 0 Å². The molecule has 1 aliphatic heterocycles. The molecule has 0 aromatic carbocycles. The third kappa shape index (κ3) is 3.11.